The molecule has 1 nitrogen and oxygen atoms in total. The molecule has 1 aromatic carbocycles. The van der Waals surface area contributed by atoms with E-state index in [1.807, 2.05) is 55.5 Å². The molecule has 2 heteroatoms. The van der Waals surface area contributed by atoms with Crippen LogP contribution in [-0.4, -0.2) is 13.5 Å². The van der Waals surface area contributed by atoms with E-state index in [4.69, 9.17) is 0 Å². The number of alkyl halides is 1. The van der Waals surface area contributed by atoms with Crippen LogP contribution >= 0.6 is 0 Å². The number of allylic oxidation sites excluding steroid dienone is 1. The van der Waals surface area contributed by atoms with E-state index in [0.717, 1.165) is 11.1 Å². The lowest BCUT2D eigenvalue weighted by Crippen LogP contribution is -1.87. The van der Waals surface area contributed by atoms with Crippen LogP contribution in [0.4, 0.5) is 4.39 Å². The van der Waals surface area contributed by atoms with Crippen molar-refractivity contribution in [1.29, 1.82) is 0 Å². The molecule has 0 fully saturated rings. The molecule has 0 N–H and O–H groups in total. The summed E-state index contributed by atoms with van der Waals surface area (Å²) in [5, 5.41) is 0. The van der Waals surface area contributed by atoms with Crippen molar-refractivity contribution in [1.82, 2.24) is 0 Å². The van der Waals surface area contributed by atoms with Crippen LogP contribution in [0.1, 0.15) is 18.1 Å². The van der Waals surface area contributed by atoms with Crippen LogP contribution in [0.25, 0.3) is 12.2 Å². The Kier molecular flexibility index (Phi) is 5.41. The van der Waals surface area contributed by atoms with Gasteiger partial charge in [-0.25, -0.2) is 4.39 Å². The van der Waals surface area contributed by atoms with Crippen LogP contribution in [0.5, 0.6) is 0 Å². The van der Waals surface area contributed by atoms with E-state index in [0.29, 0.717) is 6.61 Å². The highest BCUT2D eigenvalue weighted by atomic mass is 19.1. The average molecular weight is 206 g/mol. The van der Waals surface area contributed by atoms with Crippen molar-refractivity contribution in [3.8, 4) is 0 Å². The van der Waals surface area contributed by atoms with Gasteiger partial charge >= 0.3 is 0 Å². The van der Waals surface area contributed by atoms with Crippen LogP contribution < -0.4 is 0 Å². The Morgan fingerprint density at radius 1 is 1.20 bits per heavy atom. The summed E-state index contributed by atoms with van der Waals surface area (Å²) in [4.78, 5) is 0. The zero-order valence-electron chi connectivity index (χ0n) is 8.82. The number of rotatable bonds is 5. The Morgan fingerprint density at radius 2 is 1.87 bits per heavy atom. The lowest BCUT2D eigenvalue weighted by Gasteiger charge is -1.99. The fourth-order valence-electron chi connectivity index (χ4n) is 1.28. The van der Waals surface area contributed by atoms with Gasteiger partial charge in [0.25, 0.3) is 0 Å². The third-order valence-electron chi connectivity index (χ3n) is 1.93. The zero-order valence-corrected chi connectivity index (χ0v) is 8.82. The summed E-state index contributed by atoms with van der Waals surface area (Å²) in [5.41, 5.74) is 2.26. The van der Waals surface area contributed by atoms with Gasteiger partial charge in [0, 0.05) is 0 Å². The minimum absolute atomic E-state index is 0.306. The quantitative estimate of drug-likeness (QED) is 0.668. The molecule has 15 heavy (non-hydrogen) atoms. The largest absolute Gasteiger partial charge is 0.346 e. The first-order valence-corrected chi connectivity index (χ1v) is 4.90. The van der Waals surface area contributed by atoms with E-state index in [1.54, 1.807) is 0 Å². The summed E-state index contributed by atoms with van der Waals surface area (Å²) in [7, 11) is 0. The standard InChI is InChI=1S/C13H15FO/c1-2-6-12-7-3-4-8-13(12)9-5-10-15-11-14/h2-9H,10-11H2,1H3/b6-2-,9-5+. The second-order valence-electron chi connectivity index (χ2n) is 3.01. The van der Waals surface area contributed by atoms with Gasteiger partial charge in [0.1, 0.15) is 0 Å². The highest BCUT2D eigenvalue weighted by Gasteiger charge is 1.92. The third-order valence-corrected chi connectivity index (χ3v) is 1.93. The highest BCUT2D eigenvalue weighted by Crippen LogP contribution is 2.12. The van der Waals surface area contributed by atoms with Gasteiger partial charge in [-0.05, 0) is 18.1 Å². The Bertz CT molecular complexity index is 342. The van der Waals surface area contributed by atoms with Crippen LogP contribution in [0.2, 0.25) is 0 Å². The molecular formula is C13H15FO. The smallest absolute Gasteiger partial charge is 0.188 e. The van der Waals surface area contributed by atoms with E-state index in [2.05, 4.69) is 4.74 Å². The predicted molar refractivity (Wildman–Crippen MR) is 62.1 cm³/mol. The van der Waals surface area contributed by atoms with Gasteiger partial charge in [-0.2, -0.15) is 0 Å². The first-order valence-electron chi connectivity index (χ1n) is 4.90. The summed E-state index contributed by atoms with van der Waals surface area (Å²) >= 11 is 0. The summed E-state index contributed by atoms with van der Waals surface area (Å²) in [6.45, 7) is 1.55. The van der Waals surface area contributed by atoms with Gasteiger partial charge in [-0.3, -0.25) is 0 Å². The molecule has 0 bridgehead atoms. The number of halogens is 1. The van der Waals surface area contributed by atoms with Crippen molar-refractivity contribution in [3.63, 3.8) is 0 Å². The number of ether oxygens (including phenoxy) is 1. The zero-order chi connectivity index (χ0) is 10.9. The molecule has 80 valence electrons. The van der Waals surface area contributed by atoms with Crippen molar-refractivity contribution in [2.24, 2.45) is 0 Å². The van der Waals surface area contributed by atoms with Crippen molar-refractivity contribution < 1.29 is 9.13 Å². The summed E-state index contributed by atoms with van der Waals surface area (Å²) in [5.74, 6) is 0. The van der Waals surface area contributed by atoms with Gasteiger partial charge in [-0.15, -0.1) is 0 Å². The third kappa shape index (κ3) is 4.09. The number of benzene rings is 1. The Hall–Kier alpha value is -1.41. The van der Waals surface area contributed by atoms with Gasteiger partial charge in [0.05, 0.1) is 6.61 Å². The second kappa shape index (κ2) is 6.96. The maximum absolute atomic E-state index is 11.7. The minimum atomic E-state index is -0.735. The molecule has 0 heterocycles. The molecular weight excluding hydrogens is 191 g/mol. The van der Waals surface area contributed by atoms with E-state index in [1.165, 1.54) is 0 Å². The molecule has 0 saturated heterocycles. The van der Waals surface area contributed by atoms with Crippen LogP contribution in [0.3, 0.4) is 0 Å². The summed E-state index contributed by atoms with van der Waals surface area (Å²) in [6.07, 6.45) is 7.77. The topological polar surface area (TPSA) is 9.23 Å². The first kappa shape index (κ1) is 11.7. The summed E-state index contributed by atoms with van der Waals surface area (Å²) < 4.78 is 16.2. The molecule has 1 aromatic rings. The van der Waals surface area contributed by atoms with Crippen molar-refractivity contribution in [2.75, 3.05) is 13.5 Å². The maximum atomic E-state index is 11.7. The normalized spacial score (nSPS) is 11.6. The Morgan fingerprint density at radius 3 is 2.47 bits per heavy atom. The molecule has 0 aliphatic carbocycles. The van der Waals surface area contributed by atoms with Gasteiger partial charge in [0.2, 0.25) is 0 Å². The molecule has 1 rings (SSSR count). The van der Waals surface area contributed by atoms with E-state index < -0.39 is 6.86 Å². The number of hydrogen-bond donors (Lipinski definition) is 0. The fraction of sp³-hybridized carbons (Fsp3) is 0.231. The Labute approximate surface area is 89.9 Å². The lowest BCUT2D eigenvalue weighted by atomic mass is 10.1. The van der Waals surface area contributed by atoms with Gasteiger partial charge in [0.15, 0.2) is 6.86 Å². The van der Waals surface area contributed by atoms with Crippen molar-refractivity contribution >= 4 is 12.2 Å². The first-order chi connectivity index (χ1) is 7.38. The second-order valence-corrected chi connectivity index (χ2v) is 3.01. The van der Waals surface area contributed by atoms with Gasteiger partial charge in [-0.1, -0.05) is 48.6 Å². The molecule has 0 spiro atoms. The van der Waals surface area contributed by atoms with E-state index in [9.17, 15) is 4.39 Å². The summed E-state index contributed by atoms with van der Waals surface area (Å²) in [6, 6.07) is 8.02. The predicted octanol–water partition coefficient (Wildman–Crippen LogP) is 3.68. The van der Waals surface area contributed by atoms with Crippen LogP contribution in [-0.2, 0) is 4.74 Å². The Balaban J connectivity index is 2.70. The molecule has 0 saturated carbocycles. The van der Waals surface area contributed by atoms with Crippen molar-refractivity contribution in [2.45, 2.75) is 6.92 Å². The van der Waals surface area contributed by atoms with E-state index >= 15 is 0 Å². The molecule has 0 amide bonds. The lowest BCUT2D eigenvalue weighted by molar-refractivity contribution is 0.0780. The van der Waals surface area contributed by atoms with E-state index in [-0.39, 0.29) is 0 Å². The average Bonchev–Trinajstić information content (AvgIpc) is 2.27. The minimum Gasteiger partial charge on any atom is -0.346 e. The van der Waals surface area contributed by atoms with Crippen LogP contribution in [0.15, 0.2) is 36.4 Å². The maximum Gasteiger partial charge on any atom is 0.188 e. The number of hydrogen-bond acceptors (Lipinski definition) is 1. The monoisotopic (exact) mass is 206 g/mol. The fourth-order valence-corrected chi connectivity index (χ4v) is 1.28. The molecule has 0 radical (unpaired) electrons. The molecule has 0 unspecified atom stereocenters. The SMILES string of the molecule is C/C=C\c1ccccc1/C=C/COCF. The highest BCUT2D eigenvalue weighted by molar-refractivity contribution is 5.64. The molecule has 0 atom stereocenters. The van der Waals surface area contributed by atoms with Crippen LogP contribution in [0, 0.1) is 0 Å². The van der Waals surface area contributed by atoms with Gasteiger partial charge < -0.3 is 4.74 Å². The molecule has 0 aliphatic rings. The molecule has 0 aliphatic heterocycles. The molecule has 0 aromatic heterocycles. The van der Waals surface area contributed by atoms with Crippen molar-refractivity contribution in [3.05, 3.63) is 47.5 Å².